The number of amides is 1. The Morgan fingerprint density at radius 2 is 2.50 bits per heavy atom. The van der Waals surface area contributed by atoms with E-state index in [1.807, 2.05) is 0 Å². The highest BCUT2D eigenvalue weighted by Gasteiger charge is 1.97. The second-order valence-electron chi connectivity index (χ2n) is 2.39. The summed E-state index contributed by atoms with van der Waals surface area (Å²) in [5.74, 6) is 0.464. The second-order valence-corrected chi connectivity index (χ2v) is 3.31. The number of pyridine rings is 1. The van der Waals surface area contributed by atoms with Crippen LogP contribution in [0.25, 0.3) is 0 Å². The second kappa shape index (κ2) is 5.43. The summed E-state index contributed by atoms with van der Waals surface area (Å²) in [7, 11) is 0. The molecule has 1 aromatic heterocycles. The number of carbonyl (C=O) groups is 1. The van der Waals surface area contributed by atoms with Crippen LogP contribution >= 0.6 is 15.9 Å². The summed E-state index contributed by atoms with van der Waals surface area (Å²) in [5, 5.41) is 10.4. The minimum absolute atomic E-state index is 0.240. The summed E-state index contributed by atoms with van der Waals surface area (Å²) < 4.78 is 6.04. The predicted octanol–water partition coefficient (Wildman–Crippen LogP) is 1.49. The molecule has 1 amide bonds. The van der Waals surface area contributed by atoms with Crippen molar-refractivity contribution in [1.29, 1.82) is 0 Å². The van der Waals surface area contributed by atoms with Gasteiger partial charge in [0.2, 0.25) is 5.88 Å². The first-order valence-corrected chi connectivity index (χ1v) is 4.69. The van der Waals surface area contributed by atoms with Gasteiger partial charge in [0.1, 0.15) is 6.61 Å². The van der Waals surface area contributed by atoms with Gasteiger partial charge in [-0.1, -0.05) is 15.9 Å². The number of aromatic nitrogens is 1. The van der Waals surface area contributed by atoms with Gasteiger partial charge >= 0.3 is 6.09 Å². The molecule has 0 saturated heterocycles. The van der Waals surface area contributed by atoms with Gasteiger partial charge in [-0.2, -0.15) is 0 Å². The lowest BCUT2D eigenvalue weighted by Crippen LogP contribution is -2.26. The van der Waals surface area contributed by atoms with Gasteiger partial charge in [0.05, 0.1) is 6.54 Å². The molecule has 0 saturated carbocycles. The van der Waals surface area contributed by atoms with E-state index >= 15 is 0 Å². The van der Waals surface area contributed by atoms with E-state index in [0.717, 1.165) is 4.47 Å². The molecule has 1 aromatic rings. The molecule has 1 heterocycles. The Bertz CT molecular complexity index is 319. The molecule has 0 spiro atoms. The van der Waals surface area contributed by atoms with Crippen molar-refractivity contribution in [2.24, 2.45) is 0 Å². The molecule has 76 valence electrons. The van der Waals surface area contributed by atoms with Crippen LogP contribution in [0, 0.1) is 0 Å². The minimum Gasteiger partial charge on any atom is -0.476 e. The highest BCUT2D eigenvalue weighted by Crippen LogP contribution is 2.13. The first-order valence-electron chi connectivity index (χ1n) is 3.89. The molecule has 6 heteroatoms. The van der Waals surface area contributed by atoms with Crippen LogP contribution < -0.4 is 10.1 Å². The first-order chi connectivity index (χ1) is 6.68. The first kappa shape index (κ1) is 10.8. The zero-order valence-electron chi connectivity index (χ0n) is 7.24. The van der Waals surface area contributed by atoms with Crippen LogP contribution in [0.15, 0.2) is 22.8 Å². The number of hydrogen-bond acceptors (Lipinski definition) is 3. The van der Waals surface area contributed by atoms with Gasteiger partial charge in [-0.25, -0.2) is 9.78 Å². The third kappa shape index (κ3) is 4.08. The van der Waals surface area contributed by atoms with Gasteiger partial charge in [-0.05, 0) is 6.07 Å². The van der Waals surface area contributed by atoms with Crippen LogP contribution in [0.5, 0.6) is 5.88 Å². The molecule has 1 rings (SSSR count). The fraction of sp³-hybridized carbons (Fsp3) is 0.250. The van der Waals surface area contributed by atoms with Crippen molar-refractivity contribution in [3.05, 3.63) is 22.8 Å². The lowest BCUT2D eigenvalue weighted by atomic mass is 10.5. The molecule has 0 aliphatic carbocycles. The van der Waals surface area contributed by atoms with Crippen LogP contribution in [-0.2, 0) is 0 Å². The fourth-order valence-electron chi connectivity index (χ4n) is 0.778. The molecule has 0 aliphatic rings. The van der Waals surface area contributed by atoms with Gasteiger partial charge in [0.25, 0.3) is 0 Å². The van der Waals surface area contributed by atoms with Gasteiger partial charge in [0.15, 0.2) is 0 Å². The number of rotatable bonds is 4. The average Bonchev–Trinajstić information content (AvgIpc) is 2.12. The molecular weight excluding hydrogens is 252 g/mol. The standard InChI is InChI=1S/C8H9BrN2O3/c9-6-1-2-10-7(5-6)14-4-3-11-8(12)13/h1-2,5,11H,3-4H2,(H,12,13). The van der Waals surface area contributed by atoms with E-state index in [1.54, 1.807) is 18.3 Å². The molecule has 2 N–H and O–H groups in total. The molecule has 0 aliphatic heterocycles. The van der Waals surface area contributed by atoms with E-state index in [2.05, 4.69) is 26.2 Å². The Hall–Kier alpha value is -1.30. The van der Waals surface area contributed by atoms with Gasteiger partial charge in [0, 0.05) is 16.7 Å². The maximum Gasteiger partial charge on any atom is 0.404 e. The Morgan fingerprint density at radius 1 is 1.71 bits per heavy atom. The Kier molecular flexibility index (Phi) is 4.18. The topological polar surface area (TPSA) is 71.5 Å². The lowest BCUT2D eigenvalue weighted by Gasteiger charge is -2.04. The summed E-state index contributed by atoms with van der Waals surface area (Å²) in [6.45, 7) is 0.499. The third-order valence-electron chi connectivity index (χ3n) is 1.33. The van der Waals surface area contributed by atoms with Crippen LogP contribution in [0.2, 0.25) is 0 Å². The molecule has 5 nitrogen and oxygen atoms in total. The van der Waals surface area contributed by atoms with Crippen LogP contribution in [0.3, 0.4) is 0 Å². The largest absolute Gasteiger partial charge is 0.476 e. The SMILES string of the molecule is O=C(O)NCCOc1cc(Br)ccn1. The highest BCUT2D eigenvalue weighted by molar-refractivity contribution is 9.10. The van der Waals surface area contributed by atoms with Gasteiger partial charge in [-0.3, -0.25) is 0 Å². The van der Waals surface area contributed by atoms with Crippen molar-refractivity contribution in [1.82, 2.24) is 10.3 Å². The maximum atomic E-state index is 10.1. The van der Waals surface area contributed by atoms with Crippen molar-refractivity contribution in [2.45, 2.75) is 0 Å². The zero-order chi connectivity index (χ0) is 10.4. The third-order valence-corrected chi connectivity index (χ3v) is 1.82. The number of halogens is 1. The van der Waals surface area contributed by atoms with Crippen LogP contribution in [-0.4, -0.2) is 29.3 Å². The van der Waals surface area contributed by atoms with Crippen LogP contribution in [0.4, 0.5) is 4.79 Å². The van der Waals surface area contributed by atoms with Crippen molar-refractivity contribution >= 4 is 22.0 Å². The Morgan fingerprint density at radius 3 is 3.14 bits per heavy atom. The minimum atomic E-state index is -1.06. The van der Waals surface area contributed by atoms with Crippen molar-refractivity contribution in [2.75, 3.05) is 13.2 Å². The van der Waals surface area contributed by atoms with Crippen molar-refractivity contribution in [3.63, 3.8) is 0 Å². The number of nitrogens with one attached hydrogen (secondary N) is 1. The van der Waals surface area contributed by atoms with E-state index in [0.29, 0.717) is 5.88 Å². The van der Waals surface area contributed by atoms with Crippen LogP contribution in [0.1, 0.15) is 0 Å². The predicted molar refractivity (Wildman–Crippen MR) is 53.5 cm³/mol. The van der Waals surface area contributed by atoms with E-state index in [-0.39, 0.29) is 13.2 Å². The molecular formula is C8H9BrN2O3. The van der Waals surface area contributed by atoms with Crippen molar-refractivity contribution in [3.8, 4) is 5.88 Å². The average molecular weight is 261 g/mol. The molecule has 0 bridgehead atoms. The number of carboxylic acid groups (broad SMARTS) is 1. The van der Waals surface area contributed by atoms with E-state index in [9.17, 15) is 4.79 Å². The van der Waals surface area contributed by atoms with E-state index in [4.69, 9.17) is 9.84 Å². The summed E-state index contributed by atoms with van der Waals surface area (Å²) in [4.78, 5) is 14.0. The fourth-order valence-corrected chi connectivity index (χ4v) is 1.09. The van der Waals surface area contributed by atoms with Gasteiger partial charge < -0.3 is 15.2 Å². The number of ether oxygens (including phenoxy) is 1. The Balaban J connectivity index is 2.28. The molecule has 0 atom stereocenters. The highest BCUT2D eigenvalue weighted by atomic mass is 79.9. The summed E-state index contributed by atoms with van der Waals surface area (Å²) in [6.07, 6.45) is 0.542. The molecule has 14 heavy (non-hydrogen) atoms. The summed E-state index contributed by atoms with van der Waals surface area (Å²) >= 11 is 3.26. The quantitative estimate of drug-likeness (QED) is 0.805. The maximum absolute atomic E-state index is 10.1. The molecule has 0 aromatic carbocycles. The summed E-state index contributed by atoms with van der Waals surface area (Å²) in [6, 6.07) is 3.49. The number of hydrogen-bond donors (Lipinski definition) is 2. The van der Waals surface area contributed by atoms with Gasteiger partial charge in [-0.15, -0.1) is 0 Å². The van der Waals surface area contributed by atoms with E-state index < -0.39 is 6.09 Å². The zero-order valence-corrected chi connectivity index (χ0v) is 8.82. The number of nitrogens with zero attached hydrogens (tertiary/aromatic N) is 1. The molecule has 0 fully saturated rings. The Labute approximate surface area is 89.2 Å². The smallest absolute Gasteiger partial charge is 0.404 e. The normalized spacial score (nSPS) is 9.50. The molecule has 0 unspecified atom stereocenters. The van der Waals surface area contributed by atoms with Crippen molar-refractivity contribution < 1.29 is 14.6 Å². The monoisotopic (exact) mass is 260 g/mol. The summed E-state index contributed by atoms with van der Waals surface area (Å²) in [5.41, 5.74) is 0. The molecule has 0 radical (unpaired) electrons. The lowest BCUT2D eigenvalue weighted by molar-refractivity contribution is 0.190. The van der Waals surface area contributed by atoms with E-state index in [1.165, 1.54) is 0 Å².